The number of nitrogens with zero attached hydrogens (tertiary/aromatic N) is 1. The highest BCUT2D eigenvalue weighted by Crippen LogP contribution is 2.33. The first-order valence-electron chi connectivity index (χ1n) is 6.45. The van der Waals surface area contributed by atoms with Gasteiger partial charge in [-0.15, -0.1) is 0 Å². The summed E-state index contributed by atoms with van der Waals surface area (Å²) >= 11 is 0. The molecule has 3 rings (SSSR count). The molecule has 0 amide bonds. The number of aromatic hydroxyl groups is 1. The maximum absolute atomic E-state index is 12.7. The molecule has 0 aliphatic rings. The van der Waals surface area contributed by atoms with Gasteiger partial charge in [0.15, 0.2) is 0 Å². The third-order valence-electron chi connectivity index (χ3n) is 3.20. The Morgan fingerprint density at radius 1 is 1.00 bits per heavy atom. The van der Waals surface area contributed by atoms with E-state index in [4.69, 9.17) is 0 Å². The van der Waals surface area contributed by atoms with E-state index in [9.17, 15) is 18.3 Å². The van der Waals surface area contributed by atoms with Crippen LogP contribution in [0.15, 0.2) is 54.7 Å². The molecule has 0 saturated heterocycles. The average Bonchev–Trinajstić information content (AvgIpc) is 2.46. The van der Waals surface area contributed by atoms with Crippen LogP contribution < -0.4 is 5.32 Å². The number of hydrogen-bond acceptors (Lipinski definition) is 3. The number of nitrogens with one attached hydrogen (secondary N) is 1. The summed E-state index contributed by atoms with van der Waals surface area (Å²) in [6.45, 7) is 0. The Labute approximate surface area is 124 Å². The van der Waals surface area contributed by atoms with Crippen molar-refractivity contribution in [2.75, 3.05) is 5.32 Å². The lowest BCUT2D eigenvalue weighted by molar-refractivity contribution is -0.137. The molecule has 2 aromatic carbocycles. The number of aromatic nitrogens is 1. The third-order valence-corrected chi connectivity index (χ3v) is 3.20. The Morgan fingerprint density at radius 3 is 2.55 bits per heavy atom. The van der Waals surface area contributed by atoms with E-state index >= 15 is 0 Å². The van der Waals surface area contributed by atoms with Gasteiger partial charge >= 0.3 is 6.18 Å². The molecular weight excluding hydrogens is 293 g/mol. The van der Waals surface area contributed by atoms with Crippen molar-refractivity contribution in [2.24, 2.45) is 0 Å². The van der Waals surface area contributed by atoms with Crippen molar-refractivity contribution in [2.45, 2.75) is 6.18 Å². The van der Waals surface area contributed by atoms with E-state index in [1.165, 1.54) is 24.4 Å². The number of benzene rings is 2. The first-order chi connectivity index (χ1) is 10.4. The van der Waals surface area contributed by atoms with Crippen LogP contribution in [0.2, 0.25) is 0 Å². The van der Waals surface area contributed by atoms with Crippen molar-refractivity contribution in [1.29, 1.82) is 0 Å². The van der Waals surface area contributed by atoms with Crippen LogP contribution >= 0.6 is 0 Å². The van der Waals surface area contributed by atoms with Crippen LogP contribution in [0.1, 0.15) is 5.56 Å². The summed E-state index contributed by atoms with van der Waals surface area (Å²) in [6, 6.07) is 11.6. The predicted octanol–water partition coefficient (Wildman–Crippen LogP) is 4.70. The number of anilines is 2. The minimum absolute atomic E-state index is 0.0997. The third kappa shape index (κ3) is 2.81. The summed E-state index contributed by atoms with van der Waals surface area (Å²) in [6.07, 6.45) is -2.96. The molecule has 0 aliphatic carbocycles. The minimum atomic E-state index is -4.40. The molecule has 2 N–H and O–H groups in total. The normalized spacial score (nSPS) is 11.6. The number of halogens is 3. The van der Waals surface area contributed by atoms with E-state index in [0.717, 1.165) is 12.1 Å². The molecule has 1 heterocycles. The molecule has 0 aliphatic heterocycles. The van der Waals surface area contributed by atoms with Gasteiger partial charge in [-0.25, -0.2) is 0 Å². The van der Waals surface area contributed by atoms with Gasteiger partial charge in [0, 0.05) is 29.0 Å². The molecule has 6 heteroatoms. The second-order valence-electron chi connectivity index (χ2n) is 4.76. The second kappa shape index (κ2) is 5.22. The zero-order valence-electron chi connectivity index (χ0n) is 11.2. The highest BCUT2D eigenvalue weighted by molar-refractivity contribution is 5.93. The Balaban J connectivity index is 2.04. The molecule has 0 radical (unpaired) electrons. The zero-order chi connectivity index (χ0) is 15.7. The van der Waals surface area contributed by atoms with Crippen molar-refractivity contribution >= 4 is 22.3 Å². The molecule has 0 unspecified atom stereocenters. The summed E-state index contributed by atoms with van der Waals surface area (Å²) < 4.78 is 38.2. The lowest BCUT2D eigenvalue weighted by Crippen LogP contribution is -2.04. The van der Waals surface area contributed by atoms with Gasteiger partial charge in [0.05, 0.1) is 11.1 Å². The largest absolute Gasteiger partial charge is 0.508 e. The molecule has 0 bridgehead atoms. The number of alkyl halides is 3. The molecular formula is C16H11F3N2O. The Hall–Kier alpha value is -2.76. The maximum atomic E-state index is 12.7. The molecule has 1 aromatic heterocycles. The summed E-state index contributed by atoms with van der Waals surface area (Å²) in [7, 11) is 0. The number of phenols is 1. The van der Waals surface area contributed by atoms with Gasteiger partial charge in [0.1, 0.15) is 5.75 Å². The molecule has 0 atom stereocenters. The van der Waals surface area contributed by atoms with Gasteiger partial charge in [-0.3, -0.25) is 4.98 Å². The van der Waals surface area contributed by atoms with Crippen LogP contribution in [0.25, 0.3) is 10.9 Å². The Bertz CT molecular complexity index is 831. The molecule has 3 nitrogen and oxygen atoms in total. The maximum Gasteiger partial charge on any atom is 0.416 e. The average molecular weight is 304 g/mol. The van der Waals surface area contributed by atoms with Crippen molar-refractivity contribution in [3.63, 3.8) is 0 Å². The molecule has 0 spiro atoms. The molecule has 3 aromatic rings. The van der Waals surface area contributed by atoms with Crippen molar-refractivity contribution in [1.82, 2.24) is 4.98 Å². The van der Waals surface area contributed by atoms with Crippen molar-refractivity contribution in [3.8, 4) is 5.75 Å². The monoisotopic (exact) mass is 304 g/mol. The van der Waals surface area contributed by atoms with Crippen LogP contribution in [-0.2, 0) is 6.18 Å². The standard InChI is InChI=1S/C16H11F3N2O/c17-16(18,19)10-4-5-13-14(6-7-20-15(13)8-10)21-11-2-1-3-12(22)9-11/h1-9,22H,(H,20,21). The fourth-order valence-electron chi connectivity index (χ4n) is 2.17. The summed E-state index contributed by atoms with van der Waals surface area (Å²) in [5.74, 6) is 0.0997. The topological polar surface area (TPSA) is 45.1 Å². The summed E-state index contributed by atoms with van der Waals surface area (Å²) in [5, 5.41) is 13.1. The Kier molecular flexibility index (Phi) is 3.36. The van der Waals surface area contributed by atoms with E-state index in [1.807, 2.05) is 0 Å². The van der Waals surface area contributed by atoms with Gasteiger partial charge in [-0.2, -0.15) is 13.2 Å². The summed E-state index contributed by atoms with van der Waals surface area (Å²) in [5.41, 5.74) is 0.763. The van der Waals surface area contributed by atoms with Crippen LogP contribution in [0.5, 0.6) is 5.75 Å². The smallest absolute Gasteiger partial charge is 0.416 e. The van der Waals surface area contributed by atoms with Crippen LogP contribution in [0.3, 0.4) is 0 Å². The number of phenolic OH excluding ortho intramolecular Hbond substituents is 1. The van der Waals surface area contributed by atoms with E-state index in [2.05, 4.69) is 10.3 Å². The number of fused-ring (bicyclic) bond motifs is 1. The molecule has 0 fully saturated rings. The van der Waals surface area contributed by atoms with Gasteiger partial charge in [0.2, 0.25) is 0 Å². The number of pyridine rings is 1. The minimum Gasteiger partial charge on any atom is -0.508 e. The number of rotatable bonds is 2. The van der Waals surface area contributed by atoms with Gasteiger partial charge in [0.25, 0.3) is 0 Å². The summed E-state index contributed by atoms with van der Waals surface area (Å²) in [4.78, 5) is 3.99. The SMILES string of the molecule is Oc1cccc(Nc2ccnc3cc(C(F)(F)F)ccc23)c1. The fourth-order valence-corrected chi connectivity index (χ4v) is 2.17. The van der Waals surface area contributed by atoms with Gasteiger partial charge in [-0.1, -0.05) is 12.1 Å². The van der Waals surface area contributed by atoms with E-state index in [-0.39, 0.29) is 11.3 Å². The molecule has 112 valence electrons. The quantitative estimate of drug-likeness (QED) is 0.721. The van der Waals surface area contributed by atoms with Crippen LogP contribution in [-0.4, -0.2) is 10.1 Å². The molecule has 0 saturated carbocycles. The number of hydrogen-bond donors (Lipinski definition) is 2. The van der Waals surface area contributed by atoms with Crippen molar-refractivity contribution < 1.29 is 18.3 Å². The van der Waals surface area contributed by atoms with E-state index in [0.29, 0.717) is 16.8 Å². The van der Waals surface area contributed by atoms with Gasteiger partial charge < -0.3 is 10.4 Å². The highest BCUT2D eigenvalue weighted by Gasteiger charge is 2.30. The lowest BCUT2D eigenvalue weighted by atomic mass is 10.1. The van der Waals surface area contributed by atoms with E-state index in [1.54, 1.807) is 18.2 Å². The van der Waals surface area contributed by atoms with Crippen LogP contribution in [0, 0.1) is 0 Å². The van der Waals surface area contributed by atoms with Gasteiger partial charge in [-0.05, 0) is 30.3 Å². The lowest BCUT2D eigenvalue weighted by Gasteiger charge is -2.12. The Morgan fingerprint density at radius 2 is 1.82 bits per heavy atom. The zero-order valence-corrected chi connectivity index (χ0v) is 11.2. The first kappa shape index (κ1) is 14.2. The predicted molar refractivity (Wildman–Crippen MR) is 78.1 cm³/mol. The highest BCUT2D eigenvalue weighted by atomic mass is 19.4. The van der Waals surface area contributed by atoms with Crippen molar-refractivity contribution in [3.05, 3.63) is 60.3 Å². The fraction of sp³-hybridized carbons (Fsp3) is 0.0625. The van der Waals surface area contributed by atoms with Crippen LogP contribution in [0.4, 0.5) is 24.5 Å². The molecule has 22 heavy (non-hydrogen) atoms. The second-order valence-corrected chi connectivity index (χ2v) is 4.76. The first-order valence-corrected chi connectivity index (χ1v) is 6.45. The van der Waals surface area contributed by atoms with E-state index < -0.39 is 11.7 Å².